The van der Waals surface area contributed by atoms with Crippen LogP contribution >= 0.6 is 27.3 Å². The zero-order valence-corrected chi connectivity index (χ0v) is 14.3. The van der Waals surface area contributed by atoms with Crippen LogP contribution in [0.4, 0.5) is 0 Å². The van der Waals surface area contributed by atoms with Crippen LogP contribution in [0.5, 0.6) is 5.75 Å². The highest BCUT2D eigenvalue weighted by Crippen LogP contribution is 2.29. The van der Waals surface area contributed by atoms with E-state index in [-0.39, 0.29) is 0 Å². The molecule has 0 aliphatic carbocycles. The number of aryl methyl sites for hydroxylation is 1. The van der Waals surface area contributed by atoms with E-state index in [1.807, 2.05) is 6.07 Å². The molecule has 108 valence electrons. The van der Waals surface area contributed by atoms with Crippen molar-refractivity contribution >= 4 is 27.3 Å². The zero-order chi connectivity index (χ0) is 14.4. The molecule has 0 saturated heterocycles. The molecule has 0 aliphatic heterocycles. The summed E-state index contributed by atoms with van der Waals surface area (Å²) < 4.78 is 6.30. The van der Waals surface area contributed by atoms with E-state index < -0.39 is 0 Å². The molecule has 1 N–H and O–H groups in total. The van der Waals surface area contributed by atoms with Crippen LogP contribution in [0.3, 0.4) is 0 Å². The Morgan fingerprint density at radius 3 is 2.80 bits per heavy atom. The SMILES string of the molecule is CCNC(CCc1ccsc1)c1ccc(OC)c(Br)c1. The highest BCUT2D eigenvalue weighted by atomic mass is 79.9. The summed E-state index contributed by atoms with van der Waals surface area (Å²) in [7, 11) is 1.69. The van der Waals surface area contributed by atoms with Gasteiger partial charge in [-0.1, -0.05) is 13.0 Å². The van der Waals surface area contributed by atoms with Crippen molar-refractivity contribution in [2.45, 2.75) is 25.8 Å². The first-order valence-corrected chi connectivity index (χ1v) is 8.56. The predicted molar refractivity (Wildman–Crippen MR) is 89.8 cm³/mol. The maximum atomic E-state index is 5.29. The van der Waals surface area contributed by atoms with Crippen molar-refractivity contribution in [2.75, 3.05) is 13.7 Å². The van der Waals surface area contributed by atoms with Gasteiger partial charge in [-0.05, 0) is 75.4 Å². The molecule has 1 aromatic heterocycles. The van der Waals surface area contributed by atoms with Gasteiger partial charge in [0.25, 0.3) is 0 Å². The average molecular weight is 354 g/mol. The molecule has 1 atom stereocenters. The van der Waals surface area contributed by atoms with E-state index in [0.29, 0.717) is 6.04 Å². The molecule has 20 heavy (non-hydrogen) atoms. The number of nitrogens with one attached hydrogen (secondary N) is 1. The summed E-state index contributed by atoms with van der Waals surface area (Å²) in [5.74, 6) is 0.877. The van der Waals surface area contributed by atoms with Gasteiger partial charge in [0.15, 0.2) is 0 Å². The Hall–Kier alpha value is -0.840. The standard InChI is InChI=1S/C16H20BrNOS/c1-3-18-15(6-4-12-8-9-20-11-12)13-5-7-16(19-2)14(17)10-13/h5,7-11,15,18H,3-4,6H2,1-2H3. The summed E-state index contributed by atoms with van der Waals surface area (Å²) in [6.07, 6.45) is 2.20. The fourth-order valence-corrected chi connectivity index (χ4v) is 3.54. The number of benzene rings is 1. The van der Waals surface area contributed by atoms with Gasteiger partial charge >= 0.3 is 0 Å². The van der Waals surface area contributed by atoms with Gasteiger partial charge in [0, 0.05) is 6.04 Å². The first-order chi connectivity index (χ1) is 9.74. The lowest BCUT2D eigenvalue weighted by atomic mass is 10.00. The number of ether oxygens (including phenoxy) is 1. The first-order valence-electron chi connectivity index (χ1n) is 6.82. The lowest BCUT2D eigenvalue weighted by Crippen LogP contribution is -2.21. The van der Waals surface area contributed by atoms with Gasteiger partial charge in [0.1, 0.15) is 5.75 Å². The monoisotopic (exact) mass is 353 g/mol. The fraction of sp³-hybridized carbons (Fsp3) is 0.375. The van der Waals surface area contributed by atoms with Gasteiger partial charge in [0.05, 0.1) is 11.6 Å². The molecule has 1 unspecified atom stereocenters. The fourth-order valence-electron chi connectivity index (χ4n) is 2.28. The molecular formula is C16H20BrNOS. The van der Waals surface area contributed by atoms with Gasteiger partial charge in [-0.15, -0.1) is 0 Å². The van der Waals surface area contributed by atoms with Crippen LogP contribution in [0.2, 0.25) is 0 Å². The summed E-state index contributed by atoms with van der Waals surface area (Å²) in [5, 5.41) is 7.94. The number of methoxy groups -OCH3 is 1. The Bertz CT molecular complexity index is 527. The van der Waals surface area contributed by atoms with E-state index in [1.165, 1.54) is 11.1 Å². The summed E-state index contributed by atoms with van der Waals surface area (Å²) in [6, 6.07) is 8.90. The number of hydrogen-bond acceptors (Lipinski definition) is 3. The molecule has 0 bridgehead atoms. The molecule has 0 saturated carbocycles. The highest BCUT2D eigenvalue weighted by molar-refractivity contribution is 9.10. The molecule has 0 radical (unpaired) electrons. The van der Waals surface area contributed by atoms with Crippen LogP contribution in [0.15, 0.2) is 39.5 Å². The zero-order valence-electron chi connectivity index (χ0n) is 11.9. The van der Waals surface area contributed by atoms with Crippen LogP contribution in [-0.4, -0.2) is 13.7 Å². The third-order valence-corrected chi connectivity index (χ3v) is 4.68. The van der Waals surface area contributed by atoms with Crippen LogP contribution in [0.1, 0.15) is 30.5 Å². The maximum absolute atomic E-state index is 5.29. The molecule has 2 nitrogen and oxygen atoms in total. The summed E-state index contributed by atoms with van der Waals surface area (Å²) >= 11 is 5.33. The van der Waals surface area contributed by atoms with E-state index in [2.05, 4.69) is 57.1 Å². The molecule has 4 heteroatoms. The van der Waals surface area contributed by atoms with Crippen molar-refractivity contribution in [3.63, 3.8) is 0 Å². The third kappa shape index (κ3) is 4.08. The van der Waals surface area contributed by atoms with Crippen molar-refractivity contribution in [1.29, 1.82) is 0 Å². The molecule has 2 rings (SSSR count). The minimum Gasteiger partial charge on any atom is -0.496 e. The van der Waals surface area contributed by atoms with Gasteiger partial charge in [-0.2, -0.15) is 11.3 Å². The first kappa shape index (κ1) is 15.5. The summed E-state index contributed by atoms with van der Waals surface area (Å²) in [4.78, 5) is 0. The Morgan fingerprint density at radius 2 is 2.20 bits per heavy atom. The van der Waals surface area contributed by atoms with Crippen LogP contribution in [-0.2, 0) is 6.42 Å². The quantitative estimate of drug-likeness (QED) is 0.771. The average Bonchev–Trinajstić information content (AvgIpc) is 2.96. The van der Waals surface area contributed by atoms with Crippen LogP contribution in [0.25, 0.3) is 0 Å². The Balaban J connectivity index is 2.09. The minimum absolute atomic E-state index is 0.377. The second-order valence-electron chi connectivity index (χ2n) is 4.67. The number of thiophene rings is 1. The molecule has 1 aromatic carbocycles. The molecular weight excluding hydrogens is 334 g/mol. The van der Waals surface area contributed by atoms with Crippen molar-refractivity contribution in [3.05, 3.63) is 50.6 Å². The molecule has 0 aliphatic rings. The highest BCUT2D eigenvalue weighted by Gasteiger charge is 2.12. The largest absolute Gasteiger partial charge is 0.496 e. The van der Waals surface area contributed by atoms with Crippen molar-refractivity contribution in [3.8, 4) is 5.75 Å². The number of halogens is 1. The smallest absolute Gasteiger partial charge is 0.133 e. The van der Waals surface area contributed by atoms with Crippen molar-refractivity contribution < 1.29 is 4.74 Å². The Morgan fingerprint density at radius 1 is 1.35 bits per heavy atom. The molecule has 2 aromatic rings. The van der Waals surface area contributed by atoms with Gasteiger partial charge < -0.3 is 10.1 Å². The second-order valence-corrected chi connectivity index (χ2v) is 6.31. The van der Waals surface area contributed by atoms with Gasteiger partial charge in [0.2, 0.25) is 0 Å². The molecule has 0 fully saturated rings. The van der Waals surface area contributed by atoms with Crippen LogP contribution in [0, 0.1) is 0 Å². The topological polar surface area (TPSA) is 21.3 Å². The van der Waals surface area contributed by atoms with Crippen LogP contribution < -0.4 is 10.1 Å². The molecule has 0 amide bonds. The summed E-state index contributed by atoms with van der Waals surface area (Å²) in [5.41, 5.74) is 2.72. The maximum Gasteiger partial charge on any atom is 0.133 e. The Kier molecular flexibility index (Phi) is 6.07. The minimum atomic E-state index is 0.377. The van der Waals surface area contributed by atoms with Gasteiger partial charge in [-0.3, -0.25) is 0 Å². The van der Waals surface area contributed by atoms with E-state index in [0.717, 1.165) is 29.6 Å². The summed E-state index contributed by atoms with van der Waals surface area (Å²) in [6.45, 7) is 3.12. The Labute approximate surface area is 133 Å². The van der Waals surface area contributed by atoms with Gasteiger partial charge in [-0.25, -0.2) is 0 Å². The van der Waals surface area contributed by atoms with Crippen molar-refractivity contribution in [2.24, 2.45) is 0 Å². The number of rotatable bonds is 7. The third-order valence-electron chi connectivity index (χ3n) is 3.33. The second kappa shape index (κ2) is 7.81. The normalized spacial score (nSPS) is 12.3. The number of hydrogen-bond donors (Lipinski definition) is 1. The van der Waals surface area contributed by atoms with E-state index >= 15 is 0 Å². The van der Waals surface area contributed by atoms with Crippen molar-refractivity contribution in [1.82, 2.24) is 5.32 Å². The molecule has 0 spiro atoms. The lowest BCUT2D eigenvalue weighted by Gasteiger charge is -2.19. The van der Waals surface area contributed by atoms with E-state index in [1.54, 1.807) is 18.4 Å². The van der Waals surface area contributed by atoms with E-state index in [4.69, 9.17) is 4.74 Å². The molecule has 1 heterocycles. The predicted octanol–water partition coefficient (Wildman–Crippen LogP) is 4.80. The lowest BCUT2D eigenvalue weighted by molar-refractivity contribution is 0.411. The van der Waals surface area contributed by atoms with E-state index in [9.17, 15) is 0 Å².